The van der Waals surface area contributed by atoms with Gasteiger partial charge in [0.1, 0.15) is 0 Å². The molecule has 0 spiro atoms. The fourth-order valence-electron chi connectivity index (χ4n) is 1.78. The summed E-state index contributed by atoms with van der Waals surface area (Å²) < 4.78 is 2.00. The van der Waals surface area contributed by atoms with Gasteiger partial charge in [-0.1, -0.05) is 41.5 Å². The van der Waals surface area contributed by atoms with Crippen LogP contribution >= 0.6 is 11.3 Å². The Hall–Kier alpha value is -1.16. The number of thiazole rings is 1. The van der Waals surface area contributed by atoms with Crippen molar-refractivity contribution in [3.05, 3.63) is 34.0 Å². The van der Waals surface area contributed by atoms with Crippen LogP contribution in [0.4, 0.5) is 0 Å². The van der Waals surface area contributed by atoms with E-state index in [2.05, 4.69) is 71.5 Å². The minimum absolute atomic E-state index is 0.475. The van der Waals surface area contributed by atoms with Gasteiger partial charge in [-0.05, 0) is 31.7 Å². The van der Waals surface area contributed by atoms with Crippen LogP contribution in [-0.2, 0) is 0 Å². The Morgan fingerprint density at radius 3 is 1.82 bits per heavy atom. The predicted octanol–water partition coefficient (Wildman–Crippen LogP) is 5.98. The molecule has 3 nitrogen and oxygen atoms in total. The average molecular weight is 322 g/mol. The third-order valence-electron chi connectivity index (χ3n) is 3.35. The van der Waals surface area contributed by atoms with E-state index >= 15 is 0 Å². The summed E-state index contributed by atoms with van der Waals surface area (Å²) in [5.41, 5.74) is 1.18. The van der Waals surface area contributed by atoms with Crippen LogP contribution in [0.2, 0.25) is 0 Å². The molecule has 0 aliphatic heterocycles. The quantitative estimate of drug-likeness (QED) is 0.693. The van der Waals surface area contributed by atoms with E-state index in [4.69, 9.17) is 0 Å². The molecule has 0 atom stereocenters. The summed E-state index contributed by atoms with van der Waals surface area (Å²) in [6.45, 7) is 17.4. The summed E-state index contributed by atoms with van der Waals surface area (Å²) in [6, 6.07) is 2.56. The van der Waals surface area contributed by atoms with Gasteiger partial charge in [-0.25, -0.2) is 4.98 Å². The maximum absolute atomic E-state index is 4.43. The number of hydrogen-bond donors (Lipinski definition) is 0. The van der Waals surface area contributed by atoms with Gasteiger partial charge >= 0.3 is 0 Å². The standard InChI is InChI=1S/C9H16N2.C9H15NS/c1-7(2)9-5-6-11(10-9)8(3)4;1-6(2)8-5-10-9(11-8)7(3)4/h5-8H,1-4H3;5-7H,1-4H3. The highest BCUT2D eigenvalue weighted by molar-refractivity contribution is 7.11. The van der Waals surface area contributed by atoms with Crippen molar-refractivity contribution in [2.45, 2.75) is 79.2 Å². The first kappa shape index (κ1) is 18.9. The largest absolute Gasteiger partial charge is 0.270 e. The second-order valence-corrected chi connectivity index (χ2v) is 7.97. The Morgan fingerprint density at radius 1 is 0.909 bits per heavy atom. The molecule has 0 N–H and O–H groups in total. The molecule has 4 heteroatoms. The van der Waals surface area contributed by atoms with Gasteiger partial charge in [-0.3, -0.25) is 4.68 Å². The molecule has 0 aliphatic rings. The van der Waals surface area contributed by atoms with Gasteiger partial charge in [0.25, 0.3) is 0 Å². The number of hydrogen-bond acceptors (Lipinski definition) is 3. The highest BCUT2D eigenvalue weighted by Crippen LogP contribution is 2.26. The van der Waals surface area contributed by atoms with E-state index in [1.54, 1.807) is 0 Å². The summed E-state index contributed by atoms with van der Waals surface area (Å²) in [7, 11) is 0. The van der Waals surface area contributed by atoms with Crippen molar-refractivity contribution in [1.82, 2.24) is 14.8 Å². The molecule has 124 valence electrons. The molecule has 0 fully saturated rings. The van der Waals surface area contributed by atoms with Crippen molar-refractivity contribution < 1.29 is 0 Å². The van der Waals surface area contributed by atoms with Gasteiger partial charge in [-0.2, -0.15) is 5.10 Å². The molecule has 0 aliphatic carbocycles. The summed E-state index contributed by atoms with van der Waals surface area (Å²) in [5.74, 6) is 1.74. The Bertz CT molecular complexity index is 455. The Kier molecular flexibility index (Phi) is 7.27. The number of rotatable bonds is 4. The maximum Gasteiger partial charge on any atom is 0.0953 e. The van der Waals surface area contributed by atoms with Crippen molar-refractivity contribution in [1.29, 1.82) is 0 Å². The van der Waals surface area contributed by atoms with E-state index in [9.17, 15) is 0 Å². The number of aromatic nitrogens is 3. The number of nitrogens with zero attached hydrogens (tertiary/aromatic N) is 3. The molecule has 0 radical (unpaired) electrons. The second kappa shape index (κ2) is 8.47. The van der Waals surface area contributed by atoms with Crippen LogP contribution in [0.25, 0.3) is 0 Å². The molecule has 0 aromatic carbocycles. The van der Waals surface area contributed by atoms with Crippen LogP contribution in [0, 0.1) is 0 Å². The molecular weight excluding hydrogens is 290 g/mol. The van der Waals surface area contributed by atoms with Crippen molar-refractivity contribution in [3.8, 4) is 0 Å². The van der Waals surface area contributed by atoms with Gasteiger partial charge in [-0.15, -0.1) is 11.3 Å². The Morgan fingerprint density at radius 2 is 1.55 bits per heavy atom. The van der Waals surface area contributed by atoms with Gasteiger partial charge < -0.3 is 0 Å². The molecule has 0 saturated carbocycles. The van der Waals surface area contributed by atoms with Crippen LogP contribution in [0.5, 0.6) is 0 Å². The topological polar surface area (TPSA) is 30.7 Å². The maximum atomic E-state index is 4.43. The SMILES string of the molecule is CC(C)c1ccn(C(C)C)n1.CC(C)c1cnc(C(C)C)s1. The first-order valence-electron chi connectivity index (χ1n) is 8.23. The smallest absolute Gasteiger partial charge is 0.0953 e. The predicted molar refractivity (Wildman–Crippen MR) is 97.0 cm³/mol. The lowest BCUT2D eigenvalue weighted by Crippen LogP contribution is -2.02. The zero-order valence-corrected chi connectivity index (χ0v) is 16.1. The normalized spacial score (nSPS) is 11.5. The average Bonchev–Trinajstić information content (AvgIpc) is 3.09. The van der Waals surface area contributed by atoms with Gasteiger partial charge in [0.15, 0.2) is 0 Å². The highest BCUT2D eigenvalue weighted by atomic mass is 32.1. The van der Waals surface area contributed by atoms with Crippen LogP contribution in [0.1, 0.15) is 94.8 Å². The van der Waals surface area contributed by atoms with E-state index in [1.165, 1.54) is 15.6 Å². The third kappa shape index (κ3) is 5.56. The molecule has 2 rings (SSSR count). The fourth-order valence-corrected chi connectivity index (χ4v) is 2.71. The van der Waals surface area contributed by atoms with Gasteiger partial charge in [0.05, 0.1) is 10.7 Å². The lowest BCUT2D eigenvalue weighted by atomic mass is 10.1. The molecule has 0 amide bonds. The Balaban J connectivity index is 0.000000220. The monoisotopic (exact) mass is 321 g/mol. The van der Waals surface area contributed by atoms with E-state index < -0.39 is 0 Å². The first-order valence-corrected chi connectivity index (χ1v) is 9.04. The van der Waals surface area contributed by atoms with Crippen LogP contribution in [0.3, 0.4) is 0 Å². The first-order chi connectivity index (χ1) is 10.2. The molecule has 22 heavy (non-hydrogen) atoms. The van der Waals surface area contributed by atoms with E-state index in [1.807, 2.05) is 28.4 Å². The lowest BCUT2D eigenvalue weighted by Gasteiger charge is -2.04. The molecular formula is C18H31N3S. The zero-order chi connectivity index (χ0) is 16.9. The van der Waals surface area contributed by atoms with Crippen molar-refractivity contribution in [2.75, 3.05) is 0 Å². The van der Waals surface area contributed by atoms with Crippen molar-refractivity contribution >= 4 is 11.3 Å². The summed E-state index contributed by atoms with van der Waals surface area (Å²) in [4.78, 5) is 5.75. The molecule has 0 bridgehead atoms. The van der Waals surface area contributed by atoms with Crippen molar-refractivity contribution in [2.24, 2.45) is 0 Å². The molecule has 0 unspecified atom stereocenters. The Labute approximate surface area is 139 Å². The zero-order valence-electron chi connectivity index (χ0n) is 15.3. The molecule has 2 aromatic heterocycles. The van der Waals surface area contributed by atoms with E-state index in [0.717, 1.165) is 0 Å². The van der Waals surface area contributed by atoms with E-state index in [0.29, 0.717) is 23.8 Å². The summed E-state index contributed by atoms with van der Waals surface area (Å²) in [5, 5.41) is 5.68. The highest BCUT2D eigenvalue weighted by Gasteiger charge is 2.07. The molecule has 0 saturated heterocycles. The van der Waals surface area contributed by atoms with Crippen LogP contribution < -0.4 is 0 Å². The van der Waals surface area contributed by atoms with Crippen LogP contribution in [-0.4, -0.2) is 14.8 Å². The summed E-state index contributed by atoms with van der Waals surface area (Å²) in [6.07, 6.45) is 4.05. The minimum atomic E-state index is 0.475. The molecule has 2 heterocycles. The molecule has 2 aromatic rings. The van der Waals surface area contributed by atoms with Crippen LogP contribution in [0.15, 0.2) is 18.5 Å². The lowest BCUT2D eigenvalue weighted by molar-refractivity contribution is 0.523. The second-order valence-electron chi connectivity index (χ2n) is 6.88. The summed E-state index contributed by atoms with van der Waals surface area (Å²) >= 11 is 1.84. The fraction of sp³-hybridized carbons (Fsp3) is 0.667. The van der Waals surface area contributed by atoms with E-state index in [-0.39, 0.29) is 0 Å². The van der Waals surface area contributed by atoms with Gasteiger partial charge in [0, 0.05) is 29.2 Å². The van der Waals surface area contributed by atoms with Crippen molar-refractivity contribution in [3.63, 3.8) is 0 Å². The third-order valence-corrected chi connectivity index (χ3v) is 4.95. The minimum Gasteiger partial charge on any atom is -0.270 e. The van der Waals surface area contributed by atoms with Gasteiger partial charge in [0.2, 0.25) is 0 Å².